The molecular weight excluding hydrogens is 255 g/mol. The van der Waals surface area contributed by atoms with E-state index in [0.717, 1.165) is 0 Å². The minimum Gasteiger partial charge on any atom is -0.394 e. The van der Waals surface area contributed by atoms with Gasteiger partial charge in [0.25, 0.3) is 0 Å². The van der Waals surface area contributed by atoms with Crippen LogP contribution in [0.5, 0.6) is 0 Å². The van der Waals surface area contributed by atoms with E-state index >= 15 is 0 Å². The maximum Gasteiger partial charge on any atom is 0.157 e. The smallest absolute Gasteiger partial charge is 0.157 e. The maximum atomic E-state index is 14.1. The quantitative estimate of drug-likeness (QED) is 0.579. The van der Waals surface area contributed by atoms with Crippen molar-refractivity contribution in [3.05, 3.63) is 11.8 Å². The van der Waals surface area contributed by atoms with E-state index in [2.05, 4.69) is 10.1 Å². The molecule has 0 aliphatic carbocycles. The van der Waals surface area contributed by atoms with Gasteiger partial charge in [-0.1, -0.05) is 6.08 Å². The number of aliphatic hydroxyl groups is 2. The van der Waals surface area contributed by atoms with Crippen LogP contribution in [0.2, 0.25) is 0 Å². The van der Waals surface area contributed by atoms with Crippen molar-refractivity contribution in [1.82, 2.24) is 5.01 Å². The summed E-state index contributed by atoms with van der Waals surface area (Å²) in [7, 11) is 0. The largest absolute Gasteiger partial charge is 0.394 e. The van der Waals surface area contributed by atoms with Crippen LogP contribution < -0.4 is 5.73 Å². The predicted octanol–water partition coefficient (Wildman–Crippen LogP) is -1.28. The molecule has 0 aromatic heterocycles. The lowest BCUT2D eigenvalue weighted by Gasteiger charge is -2.30. The summed E-state index contributed by atoms with van der Waals surface area (Å²) in [6.07, 6.45) is -1.03. The highest BCUT2D eigenvalue weighted by atomic mass is 19.1. The first kappa shape index (κ1) is 12.5. The Morgan fingerprint density at radius 2 is 2.37 bits per heavy atom. The Hall–Kier alpha value is -1.51. The fraction of sp³-hybridized carbons (Fsp3) is 0.636. The summed E-state index contributed by atoms with van der Waals surface area (Å²) in [6.45, 7) is -0.419. The minimum absolute atomic E-state index is 0.324. The molecule has 8 heteroatoms. The van der Waals surface area contributed by atoms with Gasteiger partial charge < -0.3 is 20.7 Å². The van der Waals surface area contributed by atoms with E-state index in [4.69, 9.17) is 15.6 Å². The molecule has 0 aromatic rings. The zero-order chi connectivity index (χ0) is 13.6. The molecule has 5 atom stereocenters. The van der Waals surface area contributed by atoms with Crippen LogP contribution in [0.4, 0.5) is 4.39 Å². The van der Waals surface area contributed by atoms with Gasteiger partial charge in [0.05, 0.1) is 18.3 Å². The third kappa shape index (κ3) is 1.83. The average Bonchev–Trinajstić information content (AvgIpc) is 2.94. The second-order valence-electron chi connectivity index (χ2n) is 4.74. The molecule has 1 fully saturated rings. The highest BCUT2D eigenvalue weighted by molar-refractivity contribution is 6.02. The van der Waals surface area contributed by atoms with Crippen LogP contribution in [0.3, 0.4) is 0 Å². The van der Waals surface area contributed by atoms with Gasteiger partial charge in [-0.05, 0) is 6.42 Å². The Morgan fingerprint density at radius 1 is 1.58 bits per heavy atom. The number of aliphatic imine (C=N–C) groups is 1. The van der Waals surface area contributed by atoms with Crippen molar-refractivity contribution in [3.8, 4) is 0 Å². The molecule has 3 heterocycles. The Bertz CT molecular complexity index is 467. The molecule has 19 heavy (non-hydrogen) atoms. The van der Waals surface area contributed by atoms with Crippen molar-refractivity contribution in [3.63, 3.8) is 0 Å². The summed E-state index contributed by atoms with van der Waals surface area (Å²) in [4.78, 5) is 3.87. The molecule has 2 unspecified atom stereocenters. The van der Waals surface area contributed by atoms with Gasteiger partial charge >= 0.3 is 0 Å². The Balaban J connectivity index is 1.79. The van der Waals surface area contributed by atoms with E-state index in [0.29, 0.717) is 18.0 Å². The summed E-state index contributed by atoms with van der Waals surface area (Å²) >= 11 is 0. The first-order valence-electron chi connectivity index (χ1n) is 6.07. The number of ether oxygens (including phenoxy) is 1. The molecule has 0 aromatic carbocycles. The second-order valence-corrected chi connectivity index (χ2v) is 4.74. The van der Waals surface area contributed by atoms with Crippen LogP contribution in [0, 0.1) is 0 Å². The molecule has 3 aliphatic heterocycles. The fourth-order valence-electron chi connectivity index (χ4n) is 2.67. The van der Waals surface area contributed by atoms with Crippen molar-refractivity contribution in [2.75, 3.05) is 6.61 Å². The van der Waals surface area contributed by atoms with Crippen molar-refractivity contribution in [1.29, 1.82) is 0 Å². The predicted molar refractivity (Wildman–Crippen MR) is 65.1 cm³/mol. The summed E-state index contributed by atoms with van der Waals surface area (Å²) in [6, 6.07) is -0.388. The summed E-state index contributed by atoms with van der Waals surface area (Å²) < 4.78 is 19.5. The van der Waals surface area contributed by atoms with Crippen LogP contribution in [0.15, 0.2) is 21.9 Å². The number of hydrazone groups is 1. The summed E-state index contributed by atoms with van der Waals surface area (Å²) in [5.41, 5.74) is 6.35. The van der Waals surface area contributed by atoms with Crippen LogP contribution in [0.1, 0.15) is 6.42 Å². The van der Waals surface area contributed by atoms with Gasteiger partial charge in [0.15, 0.2) is 12.0 Å². The summed E-state index contributed by atoms with van der Waals surface area (Å²) in [5.74, 6) is 0.324. The average molecular weight is 270 g/mol. The molecule has 4 N–H and O–H groups in total. The number of hydrogen-bond donors (Lipinski definition) is 3. The SMILES string of the molecule is NC1=NC=NN2C1=CCC2C1O[C@H](CO)[C@@H](O)[C@H]1F. The van der Waals surface area contributed by atoms with E-state index in [1.165, 1.54) is 6.34 Å². The third-order valence-corrected chi connectivity index (χ3v) is 3.66. The normalized spacial score (nSPS) is 41.2. The van der Waals surface area contributed by atoms with E-state index < -0.39 is 31.1 Å². The lowest BCUT2D eigenvalue weighted by molar-refractivity contribution is -0.0432. The minimum atomic E-state index is -1.56. The maximum absolute atomic E-state index is 14.1. The van der Waals surface area contributed by atoms with Gasteiger partial charge in [-0.2, -0.15) is 5.10 Å². The molecule has 0 saturated carbocycles. The number of fused-ring (bicyclic) bond motifs is 1. The number of alkyl halides is 1. The number of aliphatic hydroxyl groups excluding tert-OH is 2. The van der Waals surface area contributed by atoms with Crippen molar-refractivity contribution >= 4 is 12.2 Å². The summed E-state index contributed by atoms with van der Waals surface area (Å²) in [5, 5.41) is 24.3. The lowest BCUT2D eigenvalue weighted by Crippen LogP contribution is -2.44. The van der Waals surface area contributed by atoms with Gasteiger partial charge in [-0.3, -0.25) is 5.01 Å². The topological polar surface area (TPSA) is 104 Å². The monoisotopic (exact) mass is 270 g/mol. The molecule has 0 amide bonds. The molecule has 0 radical (unpaired) electrons. The van der Waals surface area contributed by atoms with Gasteiger partial charge in [0.2, 0.25) is 0 Å². The van der Waals surface area contributed by atoms with Crippen LogP contribution in [0.25, 0.3) is 0 Å². The first-order valence-corrected chi connectivity index (χ1v) is 6.07. The number of halogens is 1. The lowest BCUT2D eigenvalue weighted by atomic mass is 10.0. The standard InChI is InChI=1S/C11H15FN4O3/c12-8-9(18)7(3-17)19-10(8)5-1-2-6-11(13)14-4-15-16(5)6/h2,4-5,7-10,17-18H,1,3H2,(H2,13,14,15)/t5?,7-,8-,9-,10?/m1/s1. The molecule has 0 bridgehead atoms. The van der Waals surface area contributed by atoms with Gasteiger partial charge in [0, 0.05) is 0 Å². The molecule has 3 aliphatic rings. The molecular formula is C11H15FN4O3. The highest BCUT2D eigenvalue weighted by Crippen LogP contribution is 2.35. The van der Waals surface area contributed by atoms with E-state index in [-0.39, 0.29) is 6.04 Å². The Labute approximate surface area is 108 Å². The fourth-order valence-corrected chi connectivity index (χ4v) is 2.67. The number of hydrogen-bond acceptors (Lipinski definition) is 7. The number of rotatable bonds is 2. The third-order valence-electron chi connectivity index (χ3n) is 3.66. The zero-order valence-corrected chi connectivity index (χ0v) is 10.1. The Kier molecular flexibility index (Phi) is 3.00. The van der Waals surface area contributed by atoms with Crippen molar-refractivity contribution in [2.45, 2.75) is 36.9 Å². The van der Waals surface area contributed by atoms with E-state index in [1.807, 2.05) is 6.08 Å². The molecule has 7 nitrogen and oxygen atoms in total. The number of nitrogens with two attached hydrogens (primary N) is 1. The number of amidine groups is 1. The molecule has 3 rings (SSSR count). The van der Waals surface area contributed by atoms with E-state index in [9.17, 15) is 9.50 Å². The van der Waals surface area contributed by atoms with E-state index in [1.54, 1.807) is 5.01 Å². The molecule has 104 valence electrons. The molecule has 0 spiro atoms. The van der Waals surface area contributed by atoms with Gasteiger partial charge in [0.1, 0.15) is 24.7 Å². The van der Waals surface area contributed by atoms with Crippen LogP contribution in [-0.4, -0.2) is 64.5 Å². The highest BCUT2D eigenvalue weighted by Gasteiger charge is 2.50. The van der Waals surface area contributed by atoms with Crippen molar-refractivity contribution < 1.29 is 19.3 Å². The van der Waals surface area contributed by atoms with Gasteiger partial charge in [-0.25, -0.2) is 9.38 Å². The van der Waals surface area contributed by atoms with Crippen LogP contribution in [-0.2, 0) is 4.74 Å². The second kappa shape index (κ2) is 4.55. The van der Waals surface area contributed by atoms with Crippen LogP contribution >= 0.6 is 0 Å². The first-order chi connectivity index (χ1) is 9.13. The van der Waals surface area contributed by atoms with Crippen molar-refractivity contribution in [2.24, 2.45) is 15.8 Å². The zero-order valence-electron chi connectivity index (χ0n) is 10.1. The Morgan fingerprint density at radius 3 is 3.05 bits per heavy atom. The number of nitrogens with zero attached hydrogens (tertiary/aromatic N) is 3. The van der Waals surface area contributed by atoms with Gasteiger partial charge in [-0.15, -0.1) is 0 Å². The molecule has 1 saturated heterocycles.